The molecule has 0 saturated heterocycles. The summed E-state index contributed by atoms with van der Waals surface area (Å²) in [6, 6.07) is 31.9. The summed E-state index contributed by atoms with van der Waals surface area (Å²) in [5.74, 6) is 0. The van der Waals surface area contributed by atoms with Crippen LogP contribution in [0.2, 0.25) is 0 Å². The first kappa shape index (κ1) is 27.5. The van der Waals surface area contributed by atoms with Crippen LogP contribution in [0.1, 0.15) is 29.5 Å². The van der Waals surface area contributed by atoms with Crippen LogP contribution in [0.15, 0.2) is 138 Å². The zero-order chi connectivity index (χ0) is 30.0. The molecule has 0 spiro atoms. The lowest BCUT2D eigenvalue weighted by atomic mass is 9.97. The standard InChI is InChI=1S/C39H30N4S/c1-27(41-2)34-15-6-7-16-39(34)44-42-21-9-12-32(26-42)30-11-8-10-29(23-30)31-18-20-37-36(24-31)35-19-17-28(25-40)22-38(35)43(37)33-13-4-3-5-14-33/h4,6-20,22-24,26H,1-3,5,21H2. The quantitative estimate of drug-likeness (QED) is 0.141. The molecule has 0 saturated carbocycles. The monoisotopic (exact) mass is 586 g/mol. The van der Waals surface area contributed by atoms with Crippen LogP contribution in [0.4, 0.5) is 0 Å². The Balaban J connectivity index is 1.25. The Kier molecular flexibility index (Phi) is 7.35. The minimum atomic E-state index is 0.668. The molecular formula is C39H30N4S. The smallest absolute Gasteiger partial charge is 0.0992 e. The zero-order valence-electron chi connectivity index (χ0n) is 24.3. The number of nitrogens with zero attached hydrogens (tertiary/aromatic N) is 4. The van der Waals surface area contributed by atoms with Gasteiger partial charge in [-0.3, -0.25) is 4.99 Å². The maximum Gasteiger partial charge on any atom is 0.0992 e. The van der Waals surface area contributed by atoms with E-state index in [-0.39, 0.29) is 0 Å². The fourth-order valence-electron chi connectivity index (χ4n) is 5.96. The molecule has 1 aliphatic carbocycles. The van der Waals surface area contributed by atoms with Crippen LogP contribution < -0.4 is 0 Å². The number of fused-ring (bicyclic) bond motifs is 3. The van der Waals surface area contributed by atoms with Gasteiger partial charge in [0.2, 0.25) is 0 Å². The van der Waals surface area contributed by atoms with E-state index in [2.05, 4.69) is 124 Å². The van der Waals surface area contributed by atoms with Crippen molar-refractivity contribution < 1.29 is 0 Å². The molecule has 0 amide bonds. The van der Waals surface area contributed by atoms with Crippen molar-refractivity contribution in [2.45, 2.75) is 17.7 Å². The highest BCUT2D eigenvalue weighted by Gasteiger charge is 2.16. The van der Waals surface area contributed by atoms with Crippen molar-refractivity contribution in [1.82, 2.24) is 8.87 Å². The molecule has 7 rings (SSSR count). The molecule has 1 aromatic heterocycles. The predicted octanol–water partition coefficient (Wildman–Crippen LogP) is 10.1. The SMILES string of the molecule is C=NC(=C)c1ccccc1SN1C=C(c2cccc(-c3ccc4c(c3)c3ccc(C#N)cc3n4C3=CCCC=C3)c2)C=CC1. The number of aromatic nitrogens is 1. The maximum absolute atomic E-state index is 9.62. The van der Waals surface area contributed by atoms with E-state index >= 15 is 0 Å². The van der Waals surface area contributed by atoms with Gasteiger partial charge in [0, 0.05) is 39.7 Å². The third-order valence-corrected chi connectivity index (χ3v) is 9.17. The Labute approximate surface area is 262 Å². The van der Waals surface area contributed by atoms with E-state index in [0.717, 1.165) is 74.2 Å². The van der Waals surface area contributed by atoms with Gasteiger partial charge in [0.1, 0.15) is 0 Å². The maximum atomic E-state index is 9.62. The highest BCUT2D eigenvalue weighted by Crippen LogP contribution is 2.38. The fourth-order valence-corrected chi connectivity index (χ4v) is 6.96. The Morgan fingerprint density at radius 2 is 1.68 bits per heavy atom. The second kappa shape index (κ2) is 11.8. The van der Waals surface area contributed by atoms with Gasteiger partial charge in [-0.05, 0) is 96.2 Å². The molecule has 0 unspecified atom stereocenters. The molecule has 0 bridgehead atoms. The van der Waals surface area contributed by atoms with Crippen molar-refractivity contribution in [2.24, 2.45) is 4.99 Å². The van der Waals surface area contributed by atoms with Gasteiger partial charge >= 0.3 is 0 Å². The Morgan fingerprint density at radius 1 is 0.818 bits per heavy atom. The minimum absolute atomic E-state index is 0.668. The molecule has 0 N–H and O–H groups in total. The van der Waals surface area contributed by atoms with Gasteiger partial charge in [-0.1, -0.05) is 79.4 Å². The molecule has 4 nitrogen and oxygen atoms in total. The van der Waals surface area contributed by atoms with Gasteiger partial charge in [0.05, 0.1) is 28.4 Å². The normalized spacial score (nSPS) is 14.4. The molecule has 2 heterocycles. The first-order valence-electron chi connectivity index (χ1n) is 14.7. The van der Waals surface area contributed by atoms with Crippen LogP contribution in [0.25, 0.3) is 49.9 Å². The van der Waals surface area contributed by atoms with Crippen molar-refractivity contribution in [3.8, 4) is 17.2 Å². The summed E-state index contributed by atoms with van der Waals surface area (Å²) in [6.07, 6.45) is 15.4. The molecule has 212 valence electrons. The highest BCUT2D eigenvalue weighted by atomic mass is 32.2. The van der Waals surface area contributed by atoms with Crippen LogP contribution in [0, 0.1) is 11.3 Å². The van der Waals surface area contributed by atoms with Crippen LogP contribution in [-0.4, -0.2) is 22.1 Å². The van der Waals surface area contributed by atoms with Crippen molar-refractivity contribution >= 4 is 57.4 Å². The summed E-state index contributed by atoms with van der Waals surface area (Å²) >= 11 is 1.68. The number of rotatable bonds is 7. The fraction of sp³-hybridized carbons (Fsp3) is 0.0769. The average Bonchev–Trinajstić information content (AvgIpc) is 3.41. The van der Waals surface area contributed by atoms with Crippen molar-refractivity contribution in [2.75, 3.05) is 6.54 Å². The summed E-state index contributed by atoms with van der Waals surface area (Å²) < 4.78 is 4.53. The number of hydrogen-bond donors (Lipinski definition) is 0. The van der Waals surface area contributed by atoms with E-state index in [1.807, 2.05) is 30.3 Å². The largest absolute Gasteiger partial charge is 0.315 e. The Bertz CT molecular complexity index is 2130. The van der Waals surface area contributed by atoms with Crippen LogP contribution in [0.3, 0.4) is 0 Å². The molecule has 0 atom stereocenters. The van der Waals surface area contributed by atoms with Gasteiger partial charge in [-0.25, -0.2) is 0 Å². The van der Waals surface area contributed by atoms with Gasteiger partial charge in [0.25, 0.3) is 0 Å². The van der Waals surface area contributed by atoms with Crippen LogP contribution in [-0.2, 0) is 0 Å². The topological polar surface area (TPSA) is 44.3 Å². The minimum Gasteiger partial charge on any atom is -0.315 e. The summed E-state index contributed by atoms with van der Waals surface area (Å²) in [7, 11) is 0. The molecule has 0 fully saturated rings. The molecule has 44 heavy (non-hydrogen) atoms. The lowest BCUT2D eigenvalue weighted by Crippen LogP contribution is -2.12. The zero-order valence-corrected chi connectivity index (χ0v) is 25.1. The Hall–Kier alpha value is -5.31. The molecule has 0 radical (unpaired) electrons. The molecule has 5 heteroatoms. The van der Waals surface area contributed by atoms with Crippen molar-refractivity contribution in [1.29, 1.82) is 5.26 Å². The van der Waals surface area contributed by atoms with Crippen molar-refractivity contribution in [3.63, 3.8) is 0 Å². The van der Waals surface area contributed by atoms with Gasteiger partial charge in [-0.15, -0.1) is 0 Å². The number of benzene rings is 4. The summed E-state index contributed by atoms with van der Waals surface area (Å²) in [4.78, 5) is 5.15. The van der Waals surface area contributed by atoms with E-state index in [1.165, 1.54) is 5.39 Å². The second-order valence-corrected chi connectivity index (χ2v) is 12.0. The number of nitriles is 1. The second-order valence-electron chi connectivity index (χ2n) is 10.9. The average molecular weight is 587 g/mol. The van der Waals surface area contributed by atoms with Crippen LogP contribution in [0.5, 0.6) is 0 Å². The van der Waals surface area contributed by atoms with Crippen LogP contribution >= 0.6 is 11.9 Å². The molecular weight excluding hydrogens is 557 g/mol. The third kappa shape index (κ3) is 5.10. The lowest BCUT2D eigenvalue weighted by molar-refractivity contribution is 0.693. The molecule has 5 aromatic rings. The number of hydrogen-bond acceptors (Lipinski definition) is 4. The summed E-state index contributed by atoms with van der Waals surface area (Å²) in [5, 5.41) is 12.0. The van der Waals surface area contributed by atoms with E-state index in [1.54, 1.807) is 11.9 Å². The van der Waals surface area contributed by atoms with E-state index in [4.69, 9.17) is 0 Å². The first-order valence-corrected chi connectivity index (χ1v) is 15.4. The molecule has 1 aliphatic heterocycles. The highest BCUT2D eigenvalue weighted by molar-refractivity contribution is 7.97. The molecule has 2 aliphatic rings. The number of aliphatic imine (C=N–C) groups is 1. The van der Waals surface area contributed by atoms with Crippen molar-refractivity contribution in [3.05, 3.63) is 145 Å². The Morgan fingerprint density at radius 3 is 2.52 bits per heavy atom. The summed E-state index contributed by atoms with van der Waals surface area (Å²) in [5.41, 5.74) is 10.3. The van der Waals surface area contributed by atoms with E-state index in [9.17, 15) is 5.26 Å². The van der Waals surface area contributed by atoms with Gasteiger partial charge in [-0.2, -0.15) is 5.26 Å². The number of allylic oxidation sites excluding steroid dienone is 6. The van der Waals surface area contributed by atoms with E-state index in [0.29, 0.717) is 11.3 Å². The summed E-state index contributed by atoms with van der Waals surface area (Å²) in [6.45, 7) is 8.52. The predicted molar refractivity (Wildman–Crippen MR) is 187 cm³/mol. The van der Waals surface area contributed by atoms with E-state index < -0.39 is 0 Å². The lowest BCUT2D eigenvalue weighted by Gasteiger charge is -2.23. The molecule has 4 aromatic carbocycles. The van der Waals surface area contributed by atoms with Gasteiger partial charge in [0.15, 0.2) is 0 Å². The third-order valence-electron chi connectivity index (χ3n) is 8.13. The first-order chi connectivity index (χ1) is 21.6. The van der Waals surface area contributed by atoms with Gasteiger partial charge < -0.3 is 8.87 Å².